The maximum atomic E-state index is 12.7. The second-order valence-electron chi connectivity index (χ2n) is 8.58. The van der Waals surface area contributed by atoms with E-state index in [1.807, 2.05) is 24.3 Å². The third-order valence-electron chi connectivity index (χ3n) is 6.01. The van der Waals surface area contributed by atoms with E-state index in [-0.39, 0.29) is 25.3 Å². The van der Waals surface area contributed by atoms with Crippen molar-refractivity contribution in [2.45, 2.75) is 31.1 Å². The second kappa shape index (κ2) is 11.8. The molecule has 0 saturated carbocycles. The Kier molecular flexibility index (Phi) is 8.85. The van der Waals surface area contributed by atoms with Crippen LogP contribution in [0.5, 0.6) is 0 Å². The van der Waals surface area contributed by atoms with Crippen molar-refractivity contribution in [3.8, 4) is 23.7 Å². The van der Waals surface area contributed by atoms with Gasteiger partial charge in [0.25, 0.3) is 5.91 Å². The number of rotatable bonds is 8. The van der Waals surface area contributed by atoms with E-state index in [1.54, 1.807) is 31.5 Å². The molecule has 3 rings (SSSR count). The normalized spacial score (nSPS) is 14.8. The number of hydroxylamine groups is 1. The molecule has 0 saturated heterocycles. The van der Waals surface area contributed by atoms with Gasteiger partial charge < -0.3 is 9.15 Å². The SMILES string of the molecule is COCc1ccc(C#CC#Cc2ccc(C3=CC=[N+](CCC(C)(C(=O)NO)S(C)(=O)=O)C(=O)C3)cc2)o1. The number of hydrogen-bond acceptors (Lipinski definition) is 7. The first-order valence-electron chi connectivity index (χ1n) is 11.2. The molecular formula is C27H27N2O7S+. The van der Waals surface area contributed by atoms with Gasteiger partial charge in [0, 0.05) is 31.4 Å². The zero-order chi connectivity index (χ0) is 27.1. The highest BCUT2D eigenvalue weighted by molar-refractivity contribution is 7.92. The molecule has 0 aliphatic carbocycles. The summed E-state index contributed by atoms with van der Waals surface area (Å²) in [6, 6.07) is 10.9. The molecule has 192 valence electrons. The minimum Gasteiger partial charge on any atom is -0.450 e. The van der Waals surface area contributed by atoms with Crippen molar-refractivity contribution < 1.29 is 36.9 Å². The molecule has 0 bridgehead atoms. The van der Waals surface area contributed by atoms with Gasteiger partial charge in [0.05, 0.1) is 0 Å². The van der Waals surface area contributed by atoms with Crippen LogP contribution in [-0.2, 0) is 30.8 Å². The van der Waals surface area contributed by atoms with Gasteiger partial charge in [-0.1, -0.05) is 18.1 Å². The Labute approximate surface area is 215 Å². The van der Waals surface area contributed by atoms with Crippen LogP contribution in [0.3, 0.4) is 0 Å². The fourth-order valence-corrected chi connectivity index (χ4v) is 4.38. The molecule has 1 unspecified atom stereocenters. The monoisotopic (exact) mass is 523 g/mol. The highest BCUT2D eigenvalue weighted by Gasteiger charge is 2.45. The minimum atomic E-state index is -3.84. The Bertz CT molecular complexity index is 1480. The number of carbonyl (C=O) groups excluding carboxylic acids is 2. The Morgan fingerprint density at radius 2 is 1.89 bits per heavy atom. The molecule has 10 heteroatoms. The van der Waals surface area contributed by atoms with Crippen molar-refractivity contribution >= 4 is 33.4 Å². The fraction of sp³-hybridized carbons (Fsp3) is 0.296. The summed E-state index contributed by atoms with van der Waals surface area (Å²) < 4.78 is 34.2. The van der Waals surface area contributed by atoms with Gasteiger partial charge in [0.15, 0.2) is 33.1 Å². The Hall–Kier alpha value is -3.96. The van der Waals surface area contributed by atoms with Crippen LogP contribution in [0, 0.1) is 23.7 Å². The summed E-state index contributed by atoms with van der Waals surface area (Å²) in [5.41, 5.74) is 3.81. The predicted molar refractivity (Wildman–Crippen MR) is 136 cm³/mol. The number of ether oxygens (including phenoxy) is 1. The van der Waals surface area contributed by atoms with Gasteiger partial charge in [-0.25, -0.2) is 18.7 Å². The molecule has 0 spiro atoms. The van der Waals surface area contributed by atoms with Crippen LogP contribution < -0.4 is 5.48 Å². The van der Waals surface area contributed by atoms with Gasteiger partial charge in [-0.3, -0.25) is 10.0 Å². The summed E-state index contributed by atoms with van der Waals surface area (Å²) in [6.45, 7) is 1.60. The second-order valence-corrected chi connectivity index (χ2v) is 11.0. The van der Waals surface area contributed by atoms with E-state index in [0.717, 1.165) is 23.0 Å². The van der Waals surface area contributed by atoms with Crippen LogP contribution in [0.2, 0.25) is 0 Å². The summed E-state index contributed by atoms with van der Waals surface area (Å²) in [5, 5.41) is 8.94. The lowest BCUT2D eigenvalue weighted by molar-refractivity contribution is -0.445. The number of carbonyl (C=O) groups is 2. The number of benzene rings is 1. The first-order valence-corrected chi connectivity index (χ1v) is 13.1. The molecule has 1 aliphatic rings. The molecule has 0 fully saturated rings. The van der Waals surface area contributed by atoms with Crippen LogP contribution in [0.25, 0.3) is 5.57 Å². The Morgan fingerprint density at radius 3 is 2.51 bits per heavy atom. The Morgan fingerprint density at radius 1 is 1.19 bits per heavy atom. The zero-order valence-corrected chi connectivity index (χ0v) is 21.5. The van der Waals surface area contributed by atoms with Crippen LogP contribution in [0.15, 0.2) is 46.9 Å². The number of hydrogen-bond donors (Lipinski definition) is 2. The molecule has 2 aromatic rings. The molecular weight excluding hydrogens is 496 g/mol. The fourth-order valence-electron chi connectivity index (χ4n) is 3.53. The largest absolute Gasteiger partial charge is 0.450 e. The molecule has 9 nitrogen and oxygen atoms in total. The van der Waals surface area contributed by atoms with Crippen molar-refractivity contribution in [1.29, 1.82) is 0 Å². The van der Waals surface area contributed by atoms with Gasteiger partial charge in [-0.2, -0.15) is 4.58 Å². The van der Waals surface area contributed by atoms with E-state index in [0.29, 0.717) is 18.1 Å². The van der Waals surface area contributed by atoms with Gasteiger partial charge in [0.1, 0.15) is 18.8 Å². The summed E-state index contributed by atoms with van der Waals surface area (Å²) in [4.78, 5) is 24.7. The van der Waals surface area contributed by atoms with Gasteiger partial charge in [-0.15, -0.1) is 0 Å². The van der Waals surface area contributed by atoms with E-state index in [1.165, 1.54) is 17.0 Å². The van der Waals surface area contributed by atoms with E-state index >= 15 is 0 Å². The molecule has 37 heavy (non-hydrogen) atoms. The van der Waals surface area contributed by atoms with Crippen molar-refractivity contribution in [2.75, 3.05) is 19.9 Å². The summed E-state index contributed by atoms with van der Waals surface area (Å²) in [7, 11) is -2.26. The number of allylic oxidation sites excluding steroid dienone is 1. The van der Waals surface area contributed by atoms with Crippen LogP contribution in [0.4, 0.5) is 0 Å². The molecule has 1 aromatic carbocycles. The number of furan rings is 1. The van der Waals surface area contributed by atoms with Crippen molar-refractivity contribution in [2.24, 2.45) is 0 Å². The lowest BCUT2D eigenvalue weighted by atomic mass is 9.98. The van der Waals surface area contributed by atoms with Crippen LogP contribution in [-0.4, -0.2) is 60.9 Å². The van der Waals surface area contributed by atoms with Gasteiger partial charge >= 0.3 is 5.91 Å². The highest BCUT2D eigenvalue weighted by Crippen LogP contribution is 2.24. The first kappa shape index (κ1) is 27.6. The smallest absolute Gasteiger partial charge is 0.391 e. The number of methoxy groups -OCH3 is 1. The molecule has 1 aliphatic heterocycles. The average Bonchev–Trinajstić information content (AvgIpc) is 3.32. The molecule has 0 radical (unpaired) electrons. The maximum absolute atomic E-state index is 12.7. The molecule has 1 aromatic heterocycles. The summed E-state index contributed by atoms with van der Waals surface area (Å²) in [6.07, 6.45) is 4.20. The molecule has 1 atom stereocenters. The molecule has 2 N–H and O–H groups in total. The van der Waals surface area contributed by atoms with Crippen LogP contribution >= 0.6 is 0 Å². The standard InChI is InChI=1S/C27H26N2O7S/c1-27(26(31)28-32,37(3,33)34)15-17-29-16-14-22(18-25(29)30)21-10-8-20(9-11-21)6-4-5-7-23-12-13-24(36-23)19-35-2/h8-14,16H,15,17-19H2,1-3H3,(H-,28,31,32)/p+1. The van der Waals surface area contributed by atoms with Crippen molar-refractivity contribution in [1.82, 2.24) is 5.48 Å². The van der Waals surface area contributed by atoms with Crippen molar-refractivity contribution in [3.63, 3.8) is 0 Å². The first-order chi connectivity index (χ1) is 17.6. The summed E-state index contributed by atoms with van der Waals surface area (Å²) in [5.74, 6) is 11.2. The third-order valence-corrected chi connectivity index (χ3v) is 8.03. The Balaban J connectivity index is 1.67. The van der Waals surface area contributed by atoms with Gasteiger partial charge in [-0.05, 0) is 60.1 Å². The number of amides is 2. The quantitative estimate of drug-likeness (QED) is 0.234. The number of nitrogens with zero attached hydrogens (tertiary/aromatic N) is 1. The average molecular weight is 524 g/mol. The van der Waals surface area contributed by atoms with Crippen molar-refractivity contribution in [3.05, 3.63) is 65.1 Å². The van der Waals surface area contributed by atoms with E-state index in [2.05, 4.69) is 23.7 Å². The third kappa shape index (κ3) is 6.83. The summed E-state index contributed by atoms with van der Waals surface area (Å²) >= 11 is 0. The van der Waals surface area contributed by atoms with Gasteiger partial charge in [0.2, 0.25) is 0 Å². The maximum Gasteiger partial charge on any atom is 0.391 e. The molecule has 2 heterocycles. The topological polar surface area (TPSA) is 126 Å². The van der Waals surface area contributed by atoms with Crippen LogP contribution in [0.1, 0.15) is 42.4 Å². The number of nitrogens with one attached hydrogen (secondary N) is 1. The zero-order valence-electron chi connectivity index (χ0n) is 20.7. The lowest BCUT2D eigenvalue weighted by Gasteiger charge is -2.24. The van der Waals surface area contributed by atoms with E-state index in [9.17, 15) is 18.0 Å². The van der Waals surface area contributed by atoms with E-state index in [4.69, 9.17) is 14.4 Å². The minimum absolute atomic E-state index is 0.000859. The predicted octanol–water partition coefficient (Wildman–Crippen LogP) is 1.92. The number of sulfone groups is 1. The van der Waals surface area contributed by atoms with E-state index < -0.39 is 20.5 Å². The molecule has 2 amide bonds. The highest BCUT2D eigenvalue weighted by atomic mass is 32.2. The lowest BCUT2D eigenvalue weighted by Crippen LogP contribution is -2.50.